The summed E-state index contributed by atoms with van der Waals surface area (Å²) in [5, 5.41) is 0.851. The Morgan fingerprint density at radius 3 is 2.63 bits per heavy atom. The van der Waals surface area contributed by atoms with Crippen LogP contribution in [0.1, 0.15) is 40.2 Å². The fourth-order valence-corrected chi connectivity index (χ4v) is 4.82. The molecule has 2 aromatic heterocycles. The number of thiophene rings is 1. The minimum Gasteiger partial charge on any atom is -0.497 e. The maximum atomic E-state index is 12.2. The molecule has 1 aliphatic carbocycles. The third kappa shape index (κ3) is 3.02. The summed E-state index contributed by atoms with van der Waals surface area (Å²) in [4.78, 5) is 18.2. The fourth-order valence-electron chi connectivity index (χ4n) is 3.79. The van der Waals surface area contributed by atoms with Gasteiger partial charge in [0.15, 0.2) is 0 Å². The van der Waals surface area contributed by atoms with Gasteiger partial charge in [0.05, 0.1) is 12.8 Å². The van der Waals surface area contributed by atoms with Crippen molar-refractivity contribution in [1.29, 1.82) is 0 Å². The van der Waals surface area contributed by atoms with Crippen LogP contribution in [-0.2, 0) is 12.8 Å². The molecule has 0 saturated carbocycles. The molecule has 0 radical (unpaired) electrons. The lowest BCUT2D eigenvalue weighted by Crippen LogP contribution is -2.29. The highest BCUT2D eigenvalue weighted by Gasteiger charge is 2.25. The average molecular weight is 382 g/mol. The predicted molar refractivity (Wildman–Crippen MR) is 109 cm³/mol. The first-order chi connectivity index (χ1) is 13.1. The van der Waals surface area contributed by atoms with Crippen LogP contribution in [0.4, 0.5) is 5.69 Å². The maximum Gasteiger partial charge on any atom is 0.277 e. The Kier molecular flexibility index (Phi) is 4.72. The number of aromatic nitrogens is 1. The maximum absolute atomic E-state index is 12.2. The van der Waals surface area contributed by atoms with Crippen LogP contribution in [0.15, 0.2) is 24.3 Å². The van der Waals surface area contributed by atoms with Gasteiger partial charge in [-0.05, 0) is 54.5 Å². The summed E-state index contributed by atoms with van der Waals surface area (Å²) in [6.07, 6.45) is 5.37. The zero-order valence-electron chi connectivity index (χ0n) is 15.2. The molecule has 6 nitrogen and oxygen atoms in total. The minimum absolute atomic E-state index is 0.383. The molecule has 1 aromatic carbocycles. The molecule has 1 amide bonds. The SMILES string of the molecule is COc1ccc(-c2c3c(nc4sc(C(=O)NN)c(N)c24)CCCCC3)cc1. The highest BCUT2D eigenvalue weighted by atomic mass is 32.1. The molecule has 5 N–H and O–H groups in total. The normalized spacial score (nSPS) is 13.9. The highest BCUT2D eigenvalue weighted by Crippen LogP contribution is 2.43. The van der Waals surface area contributed by atoms with Gasteiger partial charge in [0, 0.05) is 11.1 Å². The fraction of sp³-hybridized carbons (Fsp3) is 0.300. The van der Waals surface area contributed by atoms with Crippen molar-refractivity contribution in [2.45, 2.75) is 32.1 Å². The molecule has 1 aliphatic rings. The van der Waals surface area contributed by atoms with E-state index in [0.717, 1.165) is 58.5 Å². The van der Waals surface area contributed by atoms with Crippen LogP contribution in [0.3, 0.4) is 0 Å². The van der Waals surface area contributed by atoms with E-state index in [9.17, 15) is 4.79 Å². The number of nitrogens with two attached hydrogens (primary N) is 2. The lowest BCUT2D eigenvalue weighted by molar-refractivity contribution is 0.0958. The van der Waals surface area contributed by atoms with Gasteiger partial charge in [-0.25, -0.2) is 10.8 Å². The van der Waals surface area contributed by atoms with Crippen molar-refractivity contribution < 1.29 is 9.53 Å². The summed E-state index contributed by atoms with van der Waals surface area (Å²) < 4.78 is 5.30. The van der Waals surface area contributed by atoms with E-state index in [4.69, 9.17) is 21.3 Å². The van der Waals surface area contributed by atoms with E-state index >= 15 is 0 Å². The second-order valence-corrected chi connectivity index (χ2v) is 7.70. The Labute approximate surface area is 161 Å². The van der Waals surface area contributed by atoms with Crippen LogP contribution < -0.4 is 21.7 Å². The first kappa shape index (κ1) is 17.8. The minimum atomic E-state index is -0.383. The average Bonchev–Trinajstić information content (AvgIpc) is 2.87. The lowest BCUT2D eigenvalue weighted by Gasteiger charge is -2.15. The number of rotatable bonds is 3. The third-order valence-electron chi connectivity index (χ3n) is 5.12. The van der Waals surface area contributed by atoms with Crippen molar-refractivity contribution in [2.75, 3.05) is 12.8 Å². The Hall–Kier alpha value is -2.64. The van der Waals surface area contributed by atoms with E-state index < -0.39 is 0 Å². The van der Waals surface area contributed by atoms with Gasteiger partial charge in [0.25, 0.3) is 5.91 Å². The molecule has 3 aromatic rings. The number of nitrogens with zero attached hydrogens (tertiary/aromatic N) is 1. The van der Waals surface area contributed by atoms with E-state index in [2.05, 4.69) is 5.43 Å². The molecule has 0 bridgehead atoms. The summed E-state index contributed by atoms with van der Waals surface area (Å²) in [6.45, 7) is 0. The summed E-state index contributed by atoms with van der Waals surface area (Å²) >= 11 is 1.30. The number of carbonyl (C=O) groups excluding carboxylic acids is 1. The molecular formula is C20H22N4O2S. The van der Waals surface area contributed by atoms with Crippen molar-refractivity contribution >= 4 is 33.1 Å². The van der Waals surface area contributed by atoms with Crippen molar-refractivity contribution in [3.63, 3.8) is 0 Å². The first-order valence-electron chi connectivity index (χ1n) is 9.03. The summed E-state index contributed by atoms with van der Waals surface area (Å²) in [5.74, 6) is 5.76. The van der Waals surface area contributed by atoms with Crippen molar-refractivity contribution in [1.82, 2.24) is 10.4 Å². The van der Waals surface area contributed by atoms with Crippen LogP contribution >= 0.6 is 11.3 Å². The van der Waals surface area contributed by atoms with Gasteiger partial charge in [0.2, 0.25) is 0 Å². The van der Waals surface area contributed by atoms with Crippen molar-refractivity contribution in [3.05, 3.63) is 40.4 Å². The molecule has 0 saturated heterocycles. The van der Waals surface area contributed by atoms with Gasteiger partial charge in [0.1, 0.15) is 15.5 Å². The number of ether oxygens (including phenoxy) is 1. The number of pyridine rings is 1. The molecule has 7 heteroatoms. The van der Waals surface area contributed by atoms with Crippen LogP contribution in [0.2, 0.25) is 0 Å². The topological polar surface area (TPSA) is 103 Å². The smallest absolute Gasteiger partial charge is 0.277 e. The lowest BCUT2D eigenvalue weighted by atomic mass is 9.92. The van der Waals surface area contributed by atoms with Gasteiger partial charge in [-0.3, -0.25) is 10.2 Å². The van der Waals surface area contributed by atoms with E-state index in [1.54, 1.807) is 7.11 Å². The number of carbonyl (C=O) groups is 1. The van der Waals surface area contributed by atoms with Crippen molar-refractivity contribution in [3.8, 4) is 16.9 Å². The van der Waals surface area contributed by atoms with Crippen LogP contribution in [0.5, 0.6) is 5.75 Å². The van der Waals surface area contributed by atoms with Gasteiger partial charge in [-0.2, -0.15) is 0 Å². The predicted octanol–water partition coefficient (Wildman–Crippen LogP) is 3.43. The summed E-state index contributed by atoms with van der Waals surface area (Å²) in [5.41, 5.74) is 13.6. The third-order valence-corrected chi connectivity index (χ3v) is 6.22. The number of fused-ring (bicyclic) bond motifs is 2. The molecular weight excluding hydrogens is 360 g/mol. The first-order valence-corrected chi connectivity index (χ1v) is 9.84. The Bertz CT molecular complexity index is 1010. The molecule has 0 spiro atoms. The monoisotopic (exact) mass is 382 g/mol. The molecule has 0 atom stereocenters. The van der Waals surface area contributed by atoms with Crippen LogP contribution in [0.25, 0.3) is 21.3 Å². The second kappa shape index (κ2) is 7.17. The molecule has 140 valence electrons. The number of anilines is 1. The van der Waals surface area contributed by atoms with Crippen molar-refractivity contribution in [2.24, 2.45) is 5.84 Å². The molecule has 27 heavy (non-hydrogen) atoms. The number of nitrogens with one attached hydrogen (secondary N) is 1. The largest absolute Gasteiger partial charge is 0.497 e. The van der Waals surface area contributed by atoms with E-state index in [1.807, 2.05) is 24.3 Å². The number of hydrogen-bond acceptors (Lipinski definition) is 6. The number of hydrazine groups is 1. The Morgan fingerprint density at radius 2 is 1.93 bits per heavy atom. The number of methoxy groups -OCH3 is 1. The molecule has 2 heterocycles. The molecule has 0 unspecified atom stereocenters. The quantitative estimate of drug-likeness (QED) is 0.279. The van der Waals surface area contributed by atoms with E-state index in [0.29, 0.717) is 10.6 Å². The summed E-state index contributed by atoms with van der Waals surface area (Å²) in [6, 6.07) is 7.97. The summed E-state index contributed by atoms with van der Waals surface area (Å²) in [7, 11) is 1.65. The van der Waals surface area contributed by atoms with Crippen LogP contribution in [0, 0.1) is 0 Å². The zero-order chi connectivity index (χ0) is 19.0. The number of hydrogen-bond donors (Lipinski definition) is 3. The van der Waals surface area contributed by atoms with Crippen LogP contribution in [-0.4, -0.2) is 18.0 Å². The molecule has 4 rings (SSSR count). The molecule has 0 aliphatic heterocycles. The zero-order valence-corrected chi connectivity index (χ0v) is 16.0. The standard InChI is InChI=1S/C20H22N4O2S/c1-26-12-9-7-11(8-10-12)15-13-5-3-2-4-6-14(13)23-20-16(15)17(21)18(27-20)19(25)24-22/h7-10H,2-6,21-22H2,1H3,(H,24,25). The van der Waals surface area contributed by atoms with Gasteiger partial charge < -0.3 is 10.5 Å². The Balaban J connectivity index is 2.04. The highest BCUT2D eigenvalue weighted by molar-refractivity contribution is 7.21. The number of nitrogen functional groups attached to an aromatic ring is 2. The van der Waals surface area contributed by atoms with Gasteiger partial charge in [-0.1, -0.05) is 18.6 Å². The number of amides is 1. The molecule has 0 fully saturated rings. The van der Waals surface area contributed by atoms with E-state index in [1.165, 1.54) is 23.3 Å². The van der Waals surface area contributed by atoms with Gasteiger partial charge in [-0.15, -0.1) is 11.3 Å². The second-order valence-electron chi connectivity index (χ2n) is 6.70. The van der Waals surface area contributed by atoms with Gasteiger partial charge >= 0.3 is 0 Å². The van der Waals surface area contributed by atoms with E-state index in [-0.39, 0.29) is 5.91 Å². The Morgan fingerprint density at radius 1 is 1.19 bits per heavy atom. The number of aryl methyl sites for hydroxylation is 1. The number of benzene rings is 1.